The summed E-state index contributed by atoms with van der Waals surface area (Å²) in [6.45, 7) is 3.48. The number of aromatic nitrogens is 2. The second-order valence-corrected chi connectivity index (χ2v) is 4.87. The number of nitrogens with one attached hydrogen (secondary N) is 2. The minimum atomic E-state index is -0.992. The van der Waals surface area contributed by atoms with Crippen molar-refractivity contribution < 1.29 is 14.7 Å². The van der Waals surface area contributed by atoms with Crippen LogP contribution in [-0.2, 0) is 0 Å². The van der Waals surface area contributed by atoms with Gasteiger partial charge in [0.2, 0.25) is 0 Å². The van der Waals surface area contributed by atoms with Gasteiger partial charge in [0.25, 0.3) is 5.91 Å². The molecule has 0 aliphatic heterocycles. The van der Waals surface area contributed by atoms with Crippen LogP contribution in [0.2, 0.25) is 0 Å². The average Bonchev–Trinajstić information content (AvgIpc) is 2.85. The first-order valence-corrected chi connectivity index (χ1v) is 5.96. The molecule has 0 aliphatic carbocycles. The first-order chi connectivity index (χ1) is 8.47. The summed E-state index contributed by atoms with van der Waals surface area (Å²) in [6, 6.07) is 3.25. The molecule has 2 heterocycles. The van der Waals surface area contributed by atoms with Crippen LogP contribution in [0, 0.1) is 13.8 Å². The molecule has 94 valence electrons. The lowest BCUT2D eigenvalue weighted by Crippen LogP contribution is -2.11. The van der Waals surface area contributed by atoms with Crippen LogP contribution >= 0.6 is 11.3 Å². The Bertz CT molecular complexity index is 615. The molecule has 0 unspecified atom stereocenters. The SMILES string of the molecule is Cc1cc(C(=O)Nc2cc(C)c(C(=O)O)s2)n[nH]1. The molecule has 6 nitrogen and oxygen atoms in total. The Kier molecular flexibility index (Phi) is 3.15. The second-order valence-electron chi connectivity index (χ2n) is 3.82. The number of aromatic carboxylic acids is 1. The lowest BCUT2D eigenvalue weighted by Gasteiger charge is -1.97. The van der Waals surface area contributed by atoms with Crippen molar-refractivity contribution in [2.45, 2.75) is 13.8 Å². The van der Waals surface area contributed by atoms with Gasteiger partial charge in [-0.2, -0.15) is 5.10 Å². The minimum Gasteiger partial charge on any atom is -0.477 e. The van der Waals surface area contributed by atoms with E-state index < -0.39 is 5.97 Å². The Balaban J connectivity index is 2.17. The summed E-state index contributed by atoms with van der Waals surface area (Å²) in [5.41, 5.74) is 1.69. The summed E-state index contributed by atoms with van der Waals surface area (Å²) in [7, 11) is 0. The minimum absolute atomic E-state index is 0.225. The maximum atomic E-state index is 11.8. The van der Waals surface area contributed by atoms with Crippen LogP contribution in [0.15, 0.2) is 12.1 Å². The molecular formula is C11H11N3O3S. The first kappa shape index (κ1) is 12.3. The highest BCUT2D eigenvalue weighted by atomic mass is 32.1. The Morgan fingerprint density at radius 1 is 1.39 bits per heavy atom. The number of aryl methyl sites for hydroxylation is 2. The Morgan fingerprint density at radius 3 is 2.61 bits per heavy atom. The van der Waals surface area contributed by atoms with Crippen LogP contribution in [-0.4, -0.2) is 27.2 Å². The lowest BCUT2D eigenvalue weighted by atomic mass is 10.3. The second kappa shape index (κ2) is 4.61. The summed E-state index contributed by atoms with van der Waals surface area (Å²) in [6.07, 6.45) is 0. The third-order valence-corrected chi connectivity index (χ3v) is 3.43. The van der Waals surface area contributed by atoms with Crippen molar-refractivity contribution in [1.29, 1.82) is 0 Å². The molecule has 0 spiro atoms. The van der Waals surface area contributed by atoms with E-state index in [1.165, 1.54) is 0 Å². The molecule has 2 aromatic heterocycles. The molecule has 0 saturated carbocycles. The number of hydrogen-bond acceptors (Lipinski definition) is 4. The highest BCUT2D eigenvalue weighted by Gasteiger charge is 2.15. The van der Waals surface area contributed by atoms with Gasteiger partial charge >= 0.3 is 5.97 Å². The van der Waals surface area contributed by atoms with Gasteiger partial charge in [-0.15, -0.1) is 11.3 Å². The number of anilines is 1. The van der Waals surface area contributed by atoms with Crippen LogP contribution in [0.3, 0.4) is 0 Å². The predicted octanol–water partition coefficient (Wildman–Crippen LogP) is 2.04. The highest BCUT2D eigenvalue weighted by Crippen LogP contribution is 2.26. The number of amides is 1. The molecule has 1 amide bonds. The van der Waals surface area contributed by atoms with Gasteiger partial charge in [0, 0.05) is 5.69 Å². The van der Waals surface area contributed by atoms with E-state index >= 15 is 0 Å². The number of carboxylic acid groups (broad SMARTS) is 1. The number of aromatic amines is 1. The quantitative estimate of drug-likeness (QED) is 0.791. The van der Waals surface area contributed by atoms with Crippen LogP contribution < -0.4 is 5.32 Å². The van der Waals surface area contributed by atoms with Crippen molar-refractivity contribution in [2.75, 3.05) is 5.32 Å². The third kappa shape index (κ3) is 2.40. The summed E-state index contributed by atoms with van der Waals surface area (Å²) in [5, 5.41) is 18.5. The number of nitrogens with zero attached hydrogens (tertiary/aromatic N) is 1. The average molecular weight is 265 g/mol. The number of carboxylic acids is 1. The van der Waals surface area contributed by atoms with Crippen molar-refractivity contribution in [3.63, 3.8) is 0 Å². The molecule has 0 radical (unpaired) electrons. The largest absolute Gasteiger partial charge is 0.477 e. The Labute approximate surface area is 107 Å². The number of carbonyl (C=O) groups is 2. The van der Waals surface area contributed by atoms with Gasteiger partial charge in [-0.1, -0.05) is 0 Å². The lowest BCUT2D eigenvalue weighted by molar-refractivity contribution is 0.0701. The van der Waals surface area contributed by atoms with Crippen LogP contribution in [0.25, 0.3) is 0 Å². The zero-order valence-corrected chi connectivity index (χ0v) is 10.6. The zero-order valence-electron chi connectivity index (χ0n) is 9.77. The fraction of sp³-hybridized carbons (Fsp3) is 0.182. The molecule has 3 N–H and O–H groups in total. The molecule has 0 atom stereocenters. The molecule has 2 rings (SSSR count). The molecule has 0 aliphatic rings. The molecule has 18 heavy (non-hydrogen) atoms. The summed E-state index contributed by atoms with van der Waals surface area (Å²) >= 11 is 1.03. The Morgan fingerprint density at radius 2 is 2.11 bits per heavy atom. The predicted molar refractivity (Wildman–Crippen MR) is 67.3 cm³/mol. The Hall–Kier alpha value is -2.15. The monoisotopic (exact) mass is 265 g/mol. The summed E-state index contributed by atoms with van der Waals surface area (Å²) < 4.78 is 0. The van der Waals surface area contributed by atoms with E-state index in [0.29, 0.717) is 10.6 Å². The summed E-state index contributed by atoms with van der Waals surface area (Å²) in [4.78, 5) is 22.9. The number of carbonyl (C=O) groups excluding carboxylic acids is 1. The van der Waals surface area contributed by atoms with Gasteiger partial charge in [0.1, 0.15) is 4.88 Å². The molecule has 0 aromatic carbocycles. The van der Waals surface area contributed by atoms with Crippen molar-refractivity contribution in [3.8, 4) is 0 Å². The van der Waals surface area contributed by atoms with Crippen LogP contribution in [0.4, 0.5) is 5.00 Å². The van der Waals surface area contributed by atoms with E-state index in [1.54, 1.807) is 26.0 Å². The zero-order chi connectivity index (χ0) is 13.3. The molecule has 2 aromatic rings. The maximum Gasteiger partial charge on any atom is 0.346 e. The topological polar surface area (TPSA) is 95.1 Å². The number of thiophene rings is 1. The van der Waals surface area contributed by atoms with Crippen molar-refractivity contribution in [2.24, 2.45) is 0 Å². The molecule has 7 heteroatoms. The third-order valence-electron chi connectivity index (χ3n) is 2.29. The van der Waals surface area contributed by atoms with Gasteiger partial charge in [-0.25, -0.2) is 4.79 Å². The van der Waals surface area contributed by atoms with Crippen molar-refractivity contribution >= 4 is 28.2 Å². The maximum absolute atomic E-state index is 11.8. The van der Waals surface area contributed by atoms with E-state index in [2.05, 4.69) is 15.5 Å². The standard InChI is InChI=1S/C11H11N3O3S/c1-5-3-8(18-9(5)11(16)17)12-10(15)7-4-6(2)13-14-7/h3-4H,1-2H3,(H,12,15)(H,13,14)(H,16,17). The molecule has 0 bridgehead atoms. The van der Waals surface area contributed by atoms with Crippen molar-refractivity contribution in [1.82, 2.24) is 10.2 Å². The van der Waals surface area contributed by atoms with E-state index in [4.69, 9.17) is 5.11 Å². The number of hydrogen-bond donors (Lipinski definition) is 3. The van der Waals surface area contributed by atoms with Gasteiger partial charge in [0.15, 0.2) is 5.69 Å². The summed E-state index contributed by atoms with van der Waals surface area (Å²) in [5.74, 6) is -1.36. The smallest absolute Gasteiger partial charge is 0.346 e. The normalized spacial score (nSPS) is 10.3. The first-order valence-electron chi connectivity index (χ1n) is 5.14. The molecule has 0 saturated heterocycles. The van der Waals surface area contributed by atoms with Gasteiger partial charge in [-0.05, 0) is 31.5 Å². The van der Waals surface area contributed by atoms with Crippen LogP contribution in [0.1, 0.15) is 31.4 Å². The van der Waals surface area contributed by atoms with Gasteiger partial charge < -0.3 is 10.4 Å². The van der Waals surface area contributed by atoms with E-state index in [0.717, 1.165) is 17.0 Å². The van der Waals surface area contributed by atoms with E-state index in [1.807, 2.05) is 0 Å². The number of H-pyrrole nitrogens is 1. The van der Waals surface area contributed by atoms with Crippen molar-refractivity contribution in [3.05, 3.63) is 34.0 Å². The molecular weight excluding hydrogens is 254 g/mol. The van der Waals surface area contributed by atoms with E-state index in [-0.39, 0.29) is 16.5 Å². The van der Waals surface area contributed by atoms with Gasteiger partial charge in [-0.3, -0.25) is 9.89 Å². The van der Waals surface area contributed by atoms with E-state index in [9.17, 15) is 9.59 Å². The molecule has 0 fully saturated rings. The van der Waals surface area contributed by atoms with Gasteiger partial charge in [0.05, 0.1) is 5.00 Å². The fourth-order valence-electron chi connectivity index (χ4n) is 1.47. The fourth-order valence-corrected chi connectivity index (χ4v) is 2.37. The number of rotatable bonds is 3. The van der Waals surface area contributed by atoms with Crippen LogP contribution in [0.5, 0.6) is 0 Å². The highest BCUT2D eigenvalue weighted by molar-refractivity contribution is 7.18.